The van der Waals surface area contributed by atoms with E-state index in [4.69, 9.17) is 0 Å². The van der Waals surface area contributed by atoms with Gasteiger partial charge in [0.05, 0.1) is 6.10 Å². The predicted octanol–water partition coefficient (Wildman–Crippen LogP) is 1.78. The molecule has 1 aliphatic carbocycles. The first kappa shape index (κ1) is 9.47. The van der Waals surface area contributed by atoms with Crippen LogP contribution < -0.4 is 0 Å². The van der Waals surface area contributed by atoms with Crippen molar-refractivity contribution >= 4 is 0 Å². The molecule has 0 bridgehead atoms. The van der Waals surface area contributed by atoms with Crippen LogP contribution in [-0.4, -0.2) is 35.2 Å². The summed E-state index contributed by atoms with van der Waals surface area (Å²) in [6.45, 7) is 2.07. The molecule has 0 aromatic heterocycles. The van der Waals surface area contributed by atoms with Gasteiger partial charge >= 0.3 is 0 Å². The highest BCUT2D eigenvalue weighted by molar-refractivity contribution is 4.82. The predicted molar refractivity (Wildman–Crippen MR) is 53.7 cm³/mol. The van der Waals surface area contributed by atoms with Crippen molar-refractivity contribution in [2.45, 2.75) is 57.1 Å². The first-order valence-corrected chi connectivity index (χ1v) is 5.78. The van der Waals surface area contributed by atoms with Crippen molar-refractivity contribution in [3.63, 3.8) is 0 Å². The van der Waals surface area contributed by atoms with Crippen LogP contribution in [0.1, 0.15) is 44.9 Å². The van der Waals surface area contributed by atoms with Crippen molar-refractivity contribution in [1.82, 2.24) is 4.90 Å². The zero-order valence-electron chi connectivity index (χ0n) is 8.41. The molecule has 1 heterocycles. The topological polar surface area (TPSA) is 23.5 Å². The van der Waals surface area contributed by atoms with Crippen LogP contribution in [0.4, 0.5) is 0 Å². The lowest BCUT2D eigenvalue weighted by molar-refractivity contribution is 0.153. The van der Waals surface area contributed by atoms with Gasteiger partial charge in [0.15, 0.2) is 0 Å². The molecule has 0 aromatic rings. The first-order valence-electron chi connectivity index (χ1n) is 5.78. The Balaban J connectivity index is 1.84. The second kappa shape index (κ2) is 4.43. The third-order valence-electron chi connectivity index (χ3n) is 3.54. The molecule has 0 radical (unpaired) electrons. The highest BCUT2D eigenvalue weighted by Crippen LogP contribution is 2.24. The van der Waals surface area contributed by atoms with Crippen LogP contribution in [0.25, 0.3) is 0 Å². The molecule has 1 saturated heterocycles. The summed E-state index contributed by atoms with van der Waals surface area (Å²) in [5, 5.41) is 9.46. The second-order valence-corrected chi connectivity index (χ2v) is 4.58. The fourth-order valence-corrected chi connectivity index (χ4v) is 2.72. The fourth-order valence-electron chi connectivity index (χ4n) is 2.72. The van der Waals surface area contributed by atoms with Crippen LogP contribution in [0.2, 0.25) is 0 Å². The van der Waals surface area contributed by atoms with Crippen molar-refractivity contribution in [1.29, 1.82) is 0 Å². The van der Waals surface area contributed by atoms with E-state index in [0.717, 1.165) is 25.6 Å². The molecule has 1 aliphatic heterocycles. The number of likely N-dealkylation sites (tertiary alicyclic amines) is 1. The van der Waals surface area contributed by atoms with Crippen molar-refractivity contribution in [2.24, 2.45) is 0 Å². The van der Waals surface area contributed by atoms with Crippen LogP contribution in [0.15, 0.2) is 0 Å². The van der Waals surface area contributed by atoms with Crippen molar-refractivity contribution < 1.29 is 5.11 Å². The molecule has 1 N–H and O–H groups in total. The molecule has 2 fully saturated rings. The summed E-state index contributed by atoms with van der Waals surface area (Å²) >= 11 is 0. The minimum atomic E-state index is -0.0387. The van der Waals surface area contributed by atoms with Gasteiger partial charge in [-0.1, -0.05) is 25.7 Å². The Morgan fingerprint density at radius 3 is 2.15 bits per heavy atom. The summed E-state index contributed by atoms with van der Waals surface area (Å²) in [5.41, 5.74) is 0. The lowest BCUT2D eigenvalue weighted by atomic mass is 10.1. The van der Waals surface area contributed by atoms with Crippen molar-refractivity contribution in [3.05, 3.63) is 0 Å². The van der Waals surface area contributed by atoms with E-state index in [1.807, 2.05) is 0 Å². The van der Waals surface area contributed by atoms with Crippen LogP contribution in [0, 0.1) is 0 Å². The minimum absolute atomic E-state index is 0.0387. The van der Waals surface area contributed by atoms with Crippen LogP contribution in [0.5, 0.6) is 0 Å². The Morgan fingerprint density at radius 1 is 0.923 bits per heavy atom. The number of β-amino-alcohol motifs (C(OH)–C–C–N with tert-alkyl or cyclic N) is 1. The number of aliphatic hydroxyl groups excluding tert-OH is 1. The van der Waals surface area contributed by atoms with Crippen molar-refractivity contribution in [2.75, 3.05) is 13.1 Å². The summed E-state index contributed by atoms with van der Waals surface area (Å²) in [4.78, 5) is 2.51. The zero-order valence-corrected chi connectivity index (χ0v) is 8.41. The van der Waals surface area contributed by atoms with E-state index in [1.165, 1.54) is 38.5 Å². The summed E-state index contributed by atoms with van der Waals surface area (Å²) in [6.07, 6.45) is 9.34. The maximum atomic E-state index is 9.46. The molecule has 13 heavy (non-hydrogen) atoms. The Labute approximate surface area is 80.9 Å². The number of aliphatic hydroxyl groups is 1. The minimum Gasteiger partial charge on any atom is -0.392 e. The van der Waals surface area contributed by atoms with Gasteiger partial charge in [0, 0.05) is 19.1 Å². The van der Waals surface area contributed by atoms with Gasteiger partial charge in [-0.05, 0) is 19.3 Å². The maximum absolute atomic E-state index is 9.46. The smallest absolute Gasteiger partial charge is 0.0679 e. The van der Waals surface area contributed by atoms with E-state index < -0.39 is 0 Å². The molecule has 1 saturated carbocycles. The molecule has 2 aliphatic rings. The Hall–Kier alpha value is -0.0800. The number of nitrogens with zero attached hydrogens (tertiary/aromatic N) is 1. The summed E-state index contributed by atoms with van der Waals surface area (Å²) in [5.74, 6) is 0. The fraction of sp³-hybridized carbons (Fsp3) is 1.00. The summed E-state index contributed by atoms with van der Waals surface area (Å²) < 4.78 is 0. The Morgan fingerprint density at radius 2 is 1.62 bits per heavy atom. The monoisotopic (exact) mass is 183 g/mol. The molecule has 1 atom stereocenters. The molecule has 0 spiro atoms. The van der Waals surface area contributed by atoms with E-state index in [2.05, 4.69) is 4.90 Å². The van der Waals surface area contributed by atoms with E-state index >= 15 is 0 Å². The van der Waals surface area contributed by atoms with Crippen LogP contribution >= 0.6 is 0 Å². The van der Waals surface area contributed by atoms with E-state index in [9.17, 15) is 5.11 Å². The number of rotatable bonds is 1. The second-order valence-electron chi connectivity index (χ2n) is 4.58. The SMILES string of the molecule is OC1CCN(C2CCCCCC2)C1. The lowest BCUT2D eigenvalue weighted by Gasteiger charge is -2.26. The molecule has 2 nitrogen and oxygen atoms in total. The molecule has 0 aromatic carbocycles. The zero-order chi connectivity index (χ0) is 9.10. The molecule has 1 unspecified atom stereocenters. The molecule has 0 amide bonds. The van der Waals surface area contributed by atoms with E-state index in [-0.39, 0.29) is 6.10 Å². The van der Waals surface area contributed by atoms with Gasteiger partial charge in [0.25, 0.3) is 0 Å². The Kier molecular flexibility index (Phi) is 3.23. The largest absolute Gasteiger partial charge is 0.392 e. The quantitative estimate of drug-likeness (QED) is 0.626. The van der Waals surface area contributed by atoms with Gasteiger partial charge in [-0.3, -0.25) is 4.90 Å². The van der Waals surface area contributed by atoms with Crippen LogP contribution in [0.3, 0.4) is 0 Å². The van der Waals surface area contributed by atoms with Gasteiger partial charge < -0.3 is 5.11 Å². The van der Waals surface area contributed by atoms with Crippen molar-refractivity contribution in [3.8, 4) is 0 Å². The lowest BCUT2D eigenvalue weighted by Crippen LogP contribution is -2.33. The molecule has 2 heteroatoms. The van der Waals surface area contributed by atoms with Gasteiger partial charge in [-0.15, -0.1) is 0 Å². The normalized spacial score (nSPS) is 33.5. The summed E-state index contributed by atoms with van der Waals surface area (Å²) in [6, 6.07) is 0.791. The summed E-state index contributed by atoms with van der Waals surface area (Å²) in [7, 11) is 0. The average molecular weight is 183 g/mol. The number of hydrogen-bond donors (Lipinski definition) is 1. The maximum Gasteiger partial charge on any atom is 0.0679 e. The third kappa shape index (κ3) is 2.44. The molecule has 76 valence electrons. The Bertz CT molecular complexity index is 152. The average Bonchev–Trinajstić information content (AvgIpc) is 2.43. The van der Waals surface area contributed by atoms with Gasteiger partial charge in [0.2, 0.25) is 0 Å². The van der Waals surface area contributed by atoms with E-state index in [1.54, 1.807) is 0 Å². The van der Waals surface area contributed by atoms with Gasteiger partial charge in [-0.25, -0.2) is 0 Å². The standard InChI is InChI=1S/C11H21NO/c13-11-7-8-12(9-11)10-5-3-1-2-4-6-10/h10-11,13H,1-9H2. The van der Waals surface area contributed by atoms with Gasteiger partial charge in [-0.2, -0.15) is 0 Å². The van der Waals surface area contributed by atoms with Gasteiger partial charge in [0.1, 0.15) is 0 Å². The highest BCUT2D eigenvalue weighted by atomic mass is 16.3. The highest BCUT2D eigenvalue weighted by Gasteiger charge is 2.26. The van der Waals surface area contributed by atoms with E-state index in [0.29, 0.717) is 0 Å². The molecular weight excluding hydrogens is 162 g/mol. The molecule has 2 rings (SSSR count). The molecular formula is C11H21NO. The first-order chi connectivity index (χ1) is 6.36. The number of hydrogen-bond acceptors (Lipinski definition) is 2. The van der Waals surface area contributed by atoms with Crippen LogP contribution in [-0.2, 0) is 0 Å². The third-order valence-corrected chi connectivity index (χ3v) is 3.54.